The topological polar surface area (TPSA) is 96.2 Å². The summed E-state index contributed by atoms with van der Waals surface area (Å²) >= 11 is 0. The molecule has 1 aromatic rings. The van der Waals surface area contributed by atoms with Crippen molar-refractivity contribution in [1.82, 2.24) is 15.3 Å². The Kier molecular flexibility index (Phi) is 5.90. The molecular weight excluding hydrogens is 268 g/mol. The summed E-state index contributed by atoms with van der Waals surface area (Å²) in [5.74, 6) is 7.37. The van der Waals surface area contributed by atoms with E-state index in [1.165, 1.54) is 0 Å². The number of carbonyl (C=O) groups excluding carboxylic acids is 1. The normalized spacial score (nSPS) is 11.1. The number of amides is 1. The second-order valence-electron chi connectivity index (χ2n) is 5.92. The Labute approximate surface area is 126 Å². The average molecular weight is 294 g/mol. The number of hydrogen-bond donors (Lipinski definition) is 3. The maximum absolute atomic E-state index is 11.7. The van der Waals surface area contributed by atoms with E-state index in [0.717, 1.165) is 13.0 Å². The van der Waals surface area contributed by atoms with Gasteiger partial charge in [-0.15, -0.1) is 0 Å². The zero-order valence-electron chi connectivity index (χ0n) is 13.5. The third kappa shape index (κ3) is 4.86. The van der Waals surface area contributed by atoms with Crippen LogP contribution in [-0.2, 0) is 10.2 Å². The van der Waals surface area contributed by atoms with Crippen molar-refractivity contribution < 1.29 is 4.79 Å². The molecule has 0 aliphatic rings. The predicted octanol–water partition coefficient (Wildman–Crippen LogP) is 1.02. The number of hydrogen-bond acceptors (Lipinski definition) is 6. The highest BCUT2D eigenvalue weighted by molar-refractivity contribution is 5.80. The first-order valence-corrected chi connectivity index (χ1v) is 7.13. The zero-order chi connectivity index (χ0) is 16.0. The minimum absolute atomic E-state index is 0.0540. The van der Waals surface area contributed by atoms with E-state index in [4.69, 9.17) is 5.84 Å². The summed E-state index contributed by atoms with van der Waals surface area (Å²) in [6, 6.07) is 1.76. The standard InChI is InChI=1S/C14H26N6O/c1-6-7-20(9-12(21)16-5)11-8-10(19-15)17-13(18-11)14(2,3)4/h8H,6-7,9,15H2,1-5H3,(H,16,21)(H,17,18,19). The number of rotatable bonds is 6. The van der Waals surface area contributed by atoms with Gasteiger partial charge in [0, 0.05) is 25.1 Å². The number of nitrogen functional groups attached to an aromatic ring is 1. The van der Waals surface area contributed by atoms with Gasteiger partial charge in [-0.3, -0.25) is 4.79 Å². The zero-order valence-corrected chi connectivity index (χ0v) is 13.5. The van der Waals surface area contributed by atoms with Gasteiger partial charge in [0.05, 0.1) is 6.54 Å². The van der Waals surface area contributed by atoms with Crippen LogP contribution in [0, 0.1) is 0 Å². The Bertz CT molecular complexity index is 483. The van der Waals surface area contributed by atoms with Crippen molar-refractivity contribution in [1.29, 1.82) is 0 Å². The number of anilines is 2. The molecule has 0 bridgehead atoms. The maximum atomic E-state index is 11.7. The number of hydrazine groups is 1. The third-order valence-electron chi connectivity index (χ3n) is 2.96. The molecule has 1 aromatic heterocycles. The van der Waals surface area contributed by atoms with Gasteiger partial charge in [-0.25, -0.2) is 15.8 Å². The Morgan fingerprint density at radius 3 is 2.52 bits per heavy atom. The van der Waals surface area contributed by atoms with Crippen LogP contribution in [-0.4, -0.2) is 36.0 Å². The van der Waals surface area contributed by atoms with E-state index >= 15 is 0 Å². The molecule has 0 saturated heterocycles. The molecule has 0 saturated carbocycles. The van der Waals surface area contributed by atoms with Gasteiger partial charge in [-0.2, -0.15) is 0 Å². The molecule has 0 aliphatic carbocycles. The first kappa shape index (κ1) is 17.2. The van der Waals surface area contributed by atoms with E-state index in [2.05, 4.69) is 27.6 Å². The average Bonchev–Trinajstić information content (AvgIpc) is 2.45. The van der Waals surface area contributed by atoms with E-state index in [1.807, 2.05) is 25.7 Å². The predicted molar refractivity (Wildman–Crippen MR) is 85.1 cm³/mol. The minimum atomic E-state index is -0.202. The highest BCUT2D eigenvalue weighted by atomic mass is 16.1. The summed E-state index contributed by atoms with van der Waals surface area (Å²) in [7, 11) is 1.62. The number of nitrogens with one attached hydrogen (secondary N) is 2. The molecule has 1 heterocycles. The second kappa shape index (κ2) is 7.21. The largest absolute Gasteiger partial charge is 0.358 e. The van der Waals surface area contributed by atoms with E-state index in [9.17, 15) is 4.79 Å². The van der Waals surface area contributed by atoms with Crippen LogP contribution >= 0.6 is 0 Å². The first-order valence-electron chi connectivity index (χ1n) is 7.13. The summed E-state index contributed by atoms with van der Waals surface area (Å²) in [6.45, 7) is 9.16. The minimum Gasteiger partial charge on any atom is -0.358 e. The lowest BCUT2D eigenvalue weighted by Gasteiger charge is -2.25. The van der Waals surface area contributed by atoms with Crippen molar-refractivity contribution in [3.8, 4) is 0 Å². The number of nitrogens with two attached hydrogens (primary N) is 1. The van der Waals surface area contributed by atoms with Crippen LogP contribution in [0.4, 0.5) is 11.6 Å². The van der Waals surface area contributed by atoms with E-state index in [0.29, 0.717) is 17.5 Å². The van der Waals surface area contributed by atoms with Crippen molar-refractivity contribution in [2.45, 2.75) is 39.5 Å². The highest BCUT2D eigenvalue weighted by Crippen LogP contribution is 2.23. The fourth-order valence-electron chi connectivity index (χ4n) is 1.80. The van der Waals surface area contributed by atoms with E-state index < -0.39 is 0 Å². The van der Waals surface area contributed by atoms with Crippen molar-refractivity contribution in [2.75, 3.05) is 30.5 Å². The fourth-order valence-corrected chi connectivity index (χ4v) is 1.80. The molecule has 0 atom stereocenters. The van der Waals surface area contributed by atoms with Gasteiger partial charge in [-0.1, -0.05) is 27.7 Å². The molecule has 0 spiro atoms. The fraction of sp³-hybridized carbons (Fsp3) is 0.643. The van der Waals surface area contributed by atoms with Crippen LogP contribution in [0.25, 0.3) is 0 Å². The van der Waals surface area contributed by atoms with E-state index in [-0.39, 0.29) is 17.9 Å². The molecule has 118 valence electrons. The van der Waals surface area contributed by atoms with Gasteiger partial charge >= 0.3 is 0 Å². The number of aromatic nitrogens is 2. The molecule has 0 aliphatic heterocycles. The lowest BCUT2D eigenvalue weighted by atomic mass is 9.96. The molecule has 7 heteroatoms. The Hall–Kier alpha value is -1.89. The summed E-state index contributed by atoms with van der Waals surface area (Å²) in [4.78, 5) is 22.6. The van der Waals surface area contributed by atoms with Gasteiger partial charge in [0.15, 0.2) is 0 Å². The Morgan fingerprint density at radius 1 is 1.38 bits per heavy atom. The Morgan fingerprint density at radius 2 is 2.05 bits per heavy atom. The Balaban J connectivity index is 3.20. The third-order valence-corrected chi connectivity index (χ3v) is 2.96. The molecule has 7 nitrogen and oxygen atoms in total. The van der Waals surface area contributed by atoms with Crippen LogP contribution < -0.4 is 21.5 Å². The lowest BCUT2D eigenvalue weighted by Crippen LogP contribution is -2.37. The van der Waals surface area contributed by atoms with Crippen molar-refractivity contribution in [3.05, 3.63) is 11.9 Å². The molecule has 1 rings (SSSR count). The van der Waals surface area contributed by atoms with Gasteiger partial charge in [-0.05, 0) is 6.42 Å². The van der Waals surface area contributed by atoms with Crippen LogP contribution in [0.1, 0.15) is 39.9 Å². The molecular formula is C14H26N6O. The van der Waals surface area contributed by atoms with Gasteiger partial charge in [0.1, 0.15) is 17.5 Å². The second-order valence-corrected chi connectivity index (χ2v) is 5.92. The molecule has 0 fully saturated rings. The number of nitrogens with zero attached hydrogens (tertiary/aromatic N) is 3. The number of carbonyl (C=O) groups is 1. The SMILES string of the molecule is CCCN(CC(=O)NC)c1cc(NN)nc(C(C)(C)C)n1. The van der Waals surface area contributed by atoms with Crippen molar-refractivity contribution in [3.63, 3.8) is 0 Å². The molecule has 21 heavy (non-hydrogen) atoms. The summed E-state index contributed by atoms with van der Waals surface area (Å²) in [5, 5.41) is 2.63. The van der Waals surface area contributed by atoms with Gasteiger partial charge < -0.3 is 15.6 Å². The first-order chi connectivity index (χ1) is 9.81. The van der Waals surface area contributed by atoms with Gasteiger partial charge in [0.25, 0.3) is 0 Å². The van der Waals surface area contributed by atoms with Crippen LogP contribution in [0.15, 0.2) is 6.07 Å². The van der Waals surface area contributed by atoms with Crippen molar-refractivity contribution >= 4 is 17.5 Å². The van der Waals surface area contributed by atoms with Crippen LogP contribution in [0.5, 0.6) is 0 Å². The van der Waals surface area contributed by atoms with Gasteiger partial charge in [0.2, 0.25) is 5.91 Å². The van der Waals surface area contributed by atoms with E-state index in [1.54, 1.807) is 13.1 Å². The highest BCUT2D eigenvalue weighted by Gasteiger charge is 2.21. The molecule has 0 radical (unpaired) electrons. The summed E-state index contributed by atoms with van der Waals surface area (Å²) < 4.78 is 0. The van der Waals surface area contributed by atoms with Crippen LogP contribution in [0.2, 0.25) is 0 Å². The summed E-state index contributed by atoms with van der Waals surface area (Å²) in [5.41, 5.74) is 2.36. The number of likely N-dealkylation sites (N-methyl/N-ethyl adjacent to an activating group) is 1. The maximum Gasteiger partial charge on any atom is 0.239 e. The molecule has 0 aromatic carbocycles. The molecule has 4 N–H and O–H groups in total. The monoisotopic (exact) mass is 294 g/mol. The van der Waals surface area contributed by atoms with Crippen LogP contribution in [0.3, 0.4) is 0 Å². The molecule has 0 unspecified atom stereocenters. The smallest absolute Gasteiger partial charge is 0.239 e. The molecule has 1 amide bonds. The lowest BCUT2D eigenvalue weighted by molar-refractivity contribution is -0.119. The summed E-state index contributed by atoms with van der Waals surface area (Å²) in [6.07, 6.45) is 0.914. The van der Waals surface area contributed by atoms with Crippen molar-refractivity contribution in [2.24, 2.45) is 5.84 Å². The quantitative estimate of drug-likeness (QED) is 0.535.